The van der Waals surface area contributed by atoms with Crippen molar-refractivity contribution < 1.29 is 0 Å². The van der Waals surface area contributed by atoms with E-state index in [0.717, 1.165) is 17.9 Å². The highest BCUT2D eigenvalue weighted by atomic mass is 15.2. The van der Waals surface area contributed by atoms with Gasteiger partial charge in [0.1, 0.15) is 5.82 Å². The molecule has 5 nitrogen and oxygen atoms in total. The molecule has 2 N–H and O–H groups in total. The Morgan fingerprint density at radius 2 is 1.94 bits per heavy atom. The van der Waals surface area contributed by atoms with Gasteiger partial charge < -0.3 is 10.6 Å². The lowest BCUT2D eigenvalue weighted by Crippen LogP contribution is -2.25. The van der Waals surface area contributed by atoms with Crippen LogP contribution in [0.1, 0.15) is 0 Å². The first-order valence-electron chi connectivity index (χ1n) is 5.46. The van der Waals surface area contributed by atoms with E-state index in [-0.39, 0.29) is 0 Å². The number of rotatable bonds is 4. The van der Waals surface area contributed by atoms with Gasteiger partial charge in [-0.25, -0.2) is 9.97 Å². The Labute approximate surface area is 100 Å². The van der Waals surface area contributed by atoms with Crippen molar-refractivity contribution in [2.24, 2.45) is 5.73 Å². The maximum Gasteiger partial charge on any atom is 0.161 e. The molecule has 2 aromatic heterocycles. The van der Waals surface area contributed by atoms with Gasteiger partial charge >= 0.3 is 0 Å². The molecule has 0 aliphatic rings. The molecule has 0 radical (unpaired) electrons. The minimum Gasteiger partial charge on any atom is -0.358 e. The van der Waals surface area contributed by atoms with Crippen LogP contribution in [-0.4, -0.2) is 35.1 Å². The topological polar surface area (TPSA) is 67.9 Å². The fourth-order valence-electron chi connectivity index (χ4n) is 1.51. The quantitative estimate of drug-likeness (QED) is 0.844. The number of nitrogens with two attached hydrogens (primary N) is 1. The number of aromatic nitrogens is 3. The summed E-state index contributed by atoms with van der Waals surface area (Å²) in [4.78, 5) is 14.7. The predicted molar refractivity (Wildman–Crippen MR) is 67.6 cm³/mol. The van der Waals surface area contributed by atoms with Crippen molar-refractivity contribution in [1.82, 2.24) is 15.0 Å². The third-order valence-electron chi connectivity index (χ3n) is 2.44. The van der Waals surface area contributed by atoms with Gasteiger partial charge in [-0.1, -0.05) is 0 Å². The van der Waals surface area contributed by atoms with Crippen LogP contribution in [0.3, 0.4) is 0 Å². The van der Waals surface area contributed by atoms with E-state index >= 15 is 0 Å². The maximum absolute atomic E-state index is 5.52. The van der Waals surface area contributed by atoms with Crippen molar-refractivity contribution in [3.8, 4) is 11.4 Å². The van der Waals surface area contributed by atoms with E-state index in [4.69, 9.17) is 5.73 Å². The second kappa shape index (κ2) is 5.36. The molecule has 0 aliphatic carbocycles. The first kappa shape index (κ1) is 11.5. The van der Waals surface area contributed by atoms with Crippen molar-refractivity contribution in [3.05, 3.63) is 36.8 Å². The van der Waals surface area contributed by atoms with E-state index in [0.29, 0.717) is 12.4 Å². The number of hydrogen-bond acceptors (Lipinski definition) is 5. The Kier molecular flexibility index (Phi) is 3.62. The molecule has 2 aromatic rings. The molecule has 0 spiro atoms. The molecular weight excluding hydrogens is 214 g/mol. The Hall–Kier alpha value is -2.01. The van der Waals surface area contributed by atoms with Crippen molar-refractivity contribution in [2.75, 3.05) is 25.0 Å². The fourth-order valence-corrected chi connectivity index (χ4v) is 1.51. The third-order valence-corrected chi connectivity index (χ3v) is 2.44. The van der Waals surface area contributed by atoms with Crippen LogP contribution in [0.4, 0.5) is 5.82 Å². The van der Waals surface area contributed by atoms with Gasteiger partial charge in [-0.3, -0.25) is 4.98 Å². The predicted octanol–water partition coefficient (Wildman–Crippen LogP) is 0.933. The molecule has 0 bridgehead atoms. The van der Waals surface area contributed by atoms with Gasteiger partial charge in [0.2, 0.25) is 0 Å². The molecule has 5 heteroatoms. The maximum atomic E-state index is 5.52. The smallest absolute Gasteiger partial charge is 0.161 e. The van der Waals surface area contributed by atoms with Gasteiger partial charge in [-0.15, -0.1) is 0 Å². The second-order valence-corrected chi connectivity index (χ2v) is 3.68. The standard InChI is InChI=1S/C12H15N5/c1-17(9-5-13)11-4-8-15-12(16-11)10-2-6-14-7-3-10/h2-4,6-8H,5,9,13H2,1H3. The average Bonchev–Trinajstić information content (AvgIpc) is 2.40. The van der Waals surface area contributed by atoms with E-state index in [9.17, 15) is 0 Å². The van der Waals surface area contributed by atoms with Gasteiger partial charge in [0.05, 0.1) is 0 Å². The van der Waals surface area contributed by atoms with Gasteiger partial charge in [0.15, 0.2) is 5.82 Å². The zero-order chi connectivity index (χ0) is 12.1. The molecule has 0 fully saturated rings. The lowest BCUT2D eigenvalue weighted by molar-refractivity contribution is 0.865. The van der Waals surface area contributed by atoms with Crippen LogP contribution in [0, 0.1) is 0 Å². The van der Waals surface area contributed by atoms with Crippen LogP contribution >= 0.6 is 0 Å². The summed E-state index contributed by atoms with van der Waals surface area (Å²) in [6.07, 6.45) is 5.22. The minimum atomic E-state index is 0.602. The Balaban J connectivity index is 2.29. The number of hydrogen-bond donors (Lipinski definition) is 1. The van der Waals surface area contributed by atoms with Crippen LogP contribution < -0.4 is 10.6 Å². The minimum absolute atomic E-state index is 0.602. The van der Waals surface area contributed by atoms with E-state index in [1.807, 2.05) is 30.1 Å². The van der Waals surface area contributed by atoms with Crippen molar-refractivity contribution in [2.45, 2.75) is 0 Å². The Morgan fingerprint density at radius 1 is 1.18 bits per heavy atom. The fraction of sp³-hybridized carbons (Fsp3) is 0.250. The van der Waals surface area contributed by atoms with E-state index in [1.165, 1.54) is 0 Å². The molecule has 88 valence electrons. The van der Waals surface area contributed by atoms with Crippen LogP contribution in [0.5, 0.6) is 0 Å². The summed E-state index contributed by atoms with van der Waals surface area (Å²) < 4.78 is 0. The van der Waals surface area contributed by atoms with Crippen molar-refractivity contribution in [3.63, 3.8) is 0 Å². The van der Waals surface area contributed by atoms with Gasteiger partial charge in [-0.05, 0) is 18.2 Å². The SMILES string of the molecule is CN(CCN)c1ccnc(-c2ccncc2)n1. The van der Waals surface area contributed by atoms with Crippen LogP contribution in [0.25, 0.3) is 11.4 Å². The first-order valence-corrected chi connectivity index (χ1v) is 5.46. The first-order chi connectivity index (χ1) is 8.31. The summed E-state index contributed by atoms with van der Waals surface area (Å²) in [7, 11) is 1.96. The molecule has 2 heterocycles. The van der Waals surface area contributed by atoms with E-state index in [1.54, 1.807) is 18.6 Å². The second-order valence-electron chi connectivity index (χ2n) is 3.68. The van der Waals surface area contributed by atoms with E-state index in [2.05, 4.69) is 15.0 Å². The molecule has 0 unspecified atom stereocenters. The summed E-state index contributed by atoms with van der Waals surface area (Å²) in [5.41, 5.74) is 6.48. The van der Waals surface area contributed by atoms with Gasteiger partial charge in [0, 0.05) is 44.3 Å². The highest BCUT2D eigenvalue weighted by molar-refractivity contribution is 5.56. The number of pyridine rings is 1. The molecular formula is C12H15N5. The zero-order valence-corrected chi connectivity index (χ0v) is 9.74. The Morgan fingerprint density at radius 3 is 2.65 bits per heavy atom. The van der Waals surface area contributed by atoms with E-state index < -0.39 is 0 Å². The molecule has 0 aromatic carbocycles. The molecule has 0 saturated heterocycles. The van der Waals surface area contributed by atoms with Crippen LogP contribution in [0.15, 0.2) is 36.8 Å². The molecule has 0 aliphatic heterocycles. The number of anilines is 1. The van der Waals surface area contributed by atoms with Crippen LogP contribution in [-0.2, 0) is 0 Å². The summed E-state index contributed by atoms with van der Waals surface area (Å²) in [5.74, 6) is 1.58. The van der Waals surface area contributed by atoms with Crippen molar-refractivity contribution >= 4 is 5.82 Å². The van der Waals surface area contributed by atoms with Crippen molar-refractivity contribution in [1.29, 1.82) is 0 Å². The molecule has 17 heavy (non-hydrogen) atoms. The molecule has 2 rings (SSSR count). The average molecular weight is 229 g/mol. The molecule has 0 amide bonds. The number of nitrogens with zero attached hydrogens (tertiary/aromatic N) is 4. The zero-order valence-electron chi connectivity index (χ0n) is 9.74. The summed E-state index contributed by atoms with van der Waals surface area (Å²) >= 11 is 0. The summed E-state index contributed by atoms with van der Waals surface area (Å²) in [6.45, 7) is 1.37. The molecule has 0 atom stereocenters. The Bertz CT molecular complexity index is 471. The van der Waals surface area contributed by atoms with Crippen LogP contribution in [0.2, 0.25) is 0 Å². The normalized spacial score (nSPS) is 10.2. The van der Waals surface area contributed by atoms with Gasteiger partial charge in [0.25, 0.3) is 0 Å². The largest absolute Gasteiger partial charge is 0.358 e. The third kappa shape index (κ3) is 2.76. The highest BCUT2D eigenvalue weighted by Crippen LogP contribution is 2.16. The lowest BCUT2D eigenvalue weighted by Gasteiger charge is -2.17. The van der Waals surface area contributed by atoms with Gasteiger partial charge in [-0.2, -0.15) is 0 Å². The summed E-state index contributed by atoms with van der Waals surface area (Å²) in [5, 5.41) is 0. The summed E-state index contributed by atoms with van der Waals surface area (Å²) in [6, 6.07) is 5.66. The monoisotopic (exact) mass is 229 g/mol. The lowest BCUT2D eigenvalue weighted by atomic mass is 10.2. The molecule has 0 saturated carbocycles. The number of likely N-dealkylation sites (N-methyl/N-ethyl adjacent to an activating group) is 1. The highest BCUT2D eigenvalue weighted by Gasteiger charge is 2.05.